The fraction of sp³-hybridized carbons (Fsp3) is 0.533. The van der Waals surface area contributed by atoms with Crippen LogP contribution in [0.5, 0.6) is 0 Å². The fourth-order valence-electron chi connectivity index (χ4n) is 2.31. The smallest absolute Gasteiger partial charge is 0.222 e. The van der Waals surface area contributed by atoms with Crippen LogP contribution in [0, 0.1) is 5.92 Å². The van der Waals surface area contributed by atoms with Crippen molar-refractivity contribution in [3.8, 4) is 0 Å². The summed E-state index contributed by atoms with van der Waals surface area (Å²) >= 11 is 5.43. The lowest BCUT2D eigenvalue weighted by atomic mass is 9.98. The molecule has 1 saturated heterocycles. The zero-order valence-electron chi connectivity index (χ0n) is 11.3. The number of benzene rings is 1. The van der Waals surface area contributed by atoms with Gasteiger partial charge in [-0.3, -0.25) is 4.79 Å². The Morgan fingerprint density at radius 2 is 1.95 bits per heavy atom. The molecular formula is C15H20BrNOS. The van der Waals surface area contributed by atoms with Gasteiger partial charge in [0, 0.05) is 24.5 Å². The fourth-order valence-corrected chi connectivity index (χ4v) is 3.77. The third kappa shape index (κ3) is 4.84. The van der Waals surface area contributed by atoms with Gasteiger partial charge >= 0.3 is 0 Å². The molecule has 0 N–H and O–H groups in total. The summed E-state index contributed by atoms with van der Waals surface area (Å²) in [5, 5.41) is 0. The molecule has 104 valence electrons. The van der Waals surface area contributed by atoms with Gasteiger partial charge in [-0.05, 0) is 48.0 Å². The van der Waals surface area contributed by atoms with Crippen LogP contribution in [0.2, 0.25) is 0 Å². The van der Waals surface area contributed by atoms with Gasteiger partial charge in [0.2, 0.25) is 5.91 Å². The van der Waals surface area contributed by atoms with Gasteiger partial charge in [-0.15, -0.1) is 0 Å². The van der Waals surface area contributed by atoms with Crippen molar-refractivity contribution in [1.82, 2.24) is 4.90 Å². The lowest BCUT2D eigenvalue weighted by Gasteiger charge is -2.24. The Hall–Kier alpha value is -0.480. The molecule has 0 spiro atoms. The molecule has 1 aromatic carbocycles. The average molecular weight is 342 g/mol. The SMILES string of the molecule is CN(Cc1ccc(Br)cc1)C(=O)CC1CCSCC1. The van der Waals surface area contributed by atoms with Gasteiger partial charge in [-0.25, -0.2) is 0 Å². The molecule has 0 radical (unpaired) electrons. The van der Waals surface area contributed by atoms with Gasteiger partial charge in [0.05, 0.1) is 0 Å². The van der Waals surface area contributed by atoms with Crippen molar-refractivity contribution in [3.05, 3.63) is 34.3 Å². The van der Waals surface area contributed by atoms with Crippen molar-refractivity contribution in [1.29, 1.82) is 0 Å². The number of hydrogen-bond donors (Lipinski definition) is 0. The number of thioether (sulfide) groups is 1. The third-order valence-corrected chi connectivity index (χ3v) is 5.14. The summed E-state index contributed by atoms with van der Waals surface area (Å²) in [5.74, 6) is 3.31. The molecule has 1 aliphatic heterocycles. The number of halogens is 1. The van der Waals surface area contributed by atoms with Crippen LogP contribution < -0.4 is 0 Å². The normalized spacial score (nSPS) is 16.3. The second-order valence-corrected chi connectivity index (χ2v) is 7.28. The van der Waals surface area contributed by atoms with Gasteiger partial charge in [-0.1, -0.05) is 28.1 Å². The first-order valence-electron chi connectivity index (χ1n) is 6.71. The van der Waals surface area contributed by atoms with E-state index in [-0.39, 0.29) is 5.91 Å². The summed E-state index contributed by atoms with van der Waals surface area (Å²) in [5.41, 5.74) is 1.18. The quantitative estimate of drug-likeness (QED) is 0.826. The highest BCUT2D eigenvalue weighted by atomic mass is 79.9. The number of carbonyl (C=O) groups excluding carboxylic acids is 1. The van der Waals surface area contributed by atoms with E-state index in [0.717, 1.165) is 4.47 Å². The number of rotatable bonds is 4. The molecule has 1 aromatic rings. The number of nitrogens with zero attached hydrogens (tertiary/aromatic N) is 1. The molecule has 0 saturated carbocycles. The largest absolute Gasteiger partial charge is 0.341 e. The van der Waals surface area contributed by atoms with E-state index in [9.17, 15) is 4.79 Å². The molecule has 0 unspecified atom stereocenters. The Labute approximate surface area is 128 Å². The predicted molar refractivity (Wildman–Crippen MR) is 85.3 cm³/mol. The topological polar surface area (TPSA) is 20.3 Å². The van der Waals surface area contributed by atoms with E-state index in [1.807, 2.05) is 35.8 Å². The van der Waals surface area contributed by atoms with Gasteiger partial charge in [0.15, 0.2) is 0 Å². The minimum Gasteiger partial charge on any atom is -0.341 e. The zero-order valence-corrected chi connectivity index (χ0v) is 13.7. The maximum atomic E-state index is 12.2. The summed E-state index contributed by atoms with van der Waals surface area (Å²) in [6.45, 7) is 0.702. The molecule has 1 heterocycles. The molecule has 2 rings (SSSR count). The predicted octanol–water partition coefficient (Wildman–Crippen LogP) is 3.94. The van der Waals surface area contributed by atoms with Crippen molar-refractivity contribution >= 4 is 33.6 Å². The Kier molecular flexibility index (Phi) is 5.76. The van der Waals surface area contributed by atoms with E-state index < -0.39 is 0 Å². The summed E-state index contributed by atoms with van der Waals surface area (Å²) in [4.78, 5) is 14.0. The first-order valence-corrected chi connectivity index (χ1v) is 8.66. The van der Waals surface area contributed by atoms with Crippen LogP contribution >= 0.6 is 27.7 Å². The molecule has 4 heteroatoms. The number of carbonyl (C=O) groups is 1. The molecule has 1 aliphatic rings. The summed E-state index contributed by atoms with van der Waals surface area (Å²) in [7, 11) is 1.90. The van der Waals surface area contributed by atoms with Crippen LogP contribution in [0.4, 0.5) is 0 Å². The van der Waals surface area contributed by atoms with Gasteiger partial charge in [-0.2, -0.15) is 11.8 Å². The van der Waals surface area contributed by atoms with Crippen LogP contribution in [0.3, 0.4) is 0 Å². The highest BCUT2D eigenvalue weighted by molar-refractivity contribution is 9.10. The summed E-state index contributed by atoms with van der Waals surface area (Å²) in [6, 6.07) is 8.16. The number of amides is 1. The minimum atomic E-state index is 0.278. The highest BCUT2D eigenvalue weighted by Crippen LogP contribution is 2.25. The second-order valence-electron chi connectivity index (χ2n) is 5.14. The molecule has 1 fully saturated rings. The van der Waals surface area contributed by atoms with E-state index in [2.05, 4.69) is 28.1 Å². The Bertz CT molecular complexity index is 415. The lowest BCUT2D eigenvalue weighted by Crippen LogP contribution is -2.29. The molecule has 0 aliphatic carbocycles. The second kappa shape index (κ2) is 7.34. The number of hydrogen-bond acceptors (Lipinski definition) is 2. The Balaban J connectivity index is 1.83. The van der Waals surface area contributed by atoms with Gasteiger partial charge in [0.1, 0.15) is 0 Å². The Morgan fingerprint density at radius 3 is 2.58 bits per heavy atom. The average Bonchev–Trinajstić information content (AvgIpc) is 2.42. The van der Waals surface area contributed by atoms with Crippen LogP contribution in [0.15, 0.2) is 28.7 Å². The third-order valence-electron chi connectivity index (χ3n) is 3.56. The van der Waals surface area contributed by atoms with Crippen molar-refractivity contribution in [3.63, 3.8) is 0 Å². The highest BCUT2D eigenvalue weighted by Gasteiger charge is 2.19. The van der Waals surface area contributed by atoms with E-state index in [4.69, 9.17) is 0 Å². The lowest BCUT2D eigenvalue weighted by molar-refractivity contribution is -0.131. The maximum Gasteiger partial charge on any atom is 0.222 e. The van der Waals surface area contributed by atoms with Crippen molar-refractivity contribution < 1.29 is 4.79 Å². The summed E-state index contributed by atoms with van der Waals surface area (Å²) < 4.78 is 1.07. The van der Waals surface area contributed by atoms with Gasteiger partial charge in [0.25, 0.3) is 0 Å². The van der Waals surface area contributed by atoms with Crippen LogP contribution in [-0.4, -0.2) is 29.4 Å². The standard InChI is InChI=1S/C15H20BrNOS/c1-17(11-13-2-4-14(16)5-3-13)15(18)10-12-6-8-19-9-7-12/h2-5,12H,6-11H2,1H3. The van der Waals surface area contributed by atoms with Crippen molar-refractivity contribution in [2.75, 3.05) is 18.6 Å². The molecule has 19 heavy (non-hydrogen) atoms. The molecule has 2 nitrogen and oxygen atoms in total. The van der Waals surface area contributed by atoms with E-state index in [0.29, 0.717) is 18.9 Å². The Morgan fingerprint density at radius 1 is 1.32 bits per heavy atom. The monoisotopic (exact) mass is 341 g/mol. The van der Waals surface area contributed by atoms with E-state index in [1.54, 1.807) is 0 Å². The molecule has 1 amide bonds. The van der Waals surface area contributed by atoms with Crippen LogP contribution in [0.25, 0.3) is 0 Å². The molecule has 0 bridgehead atoms. The van der Waals surface area contributed by atoms with Crippen molar-refractivity contribution in [2.45, 2.75) is 25.8 Å². The minimum absolute atomic E-state index is 0.278. The zero-order chi connectivity index (χ0) is 13.7. The van der Waals surface area contributed by atoms with Crippen LogP contribution in [-0.2, 0) is 11.3 Å². The van der Waals surface area contributed by atoms with Gasteiger partial charge < -0.3 is 4.90 Å². The van der Waals surface area contributed by atoms with Crippen LogP contribution in [0.1, 0.15) is 24.8 Å². The molecular weight excluding hydrogens is 322 g/mol. The van der Waals surface area contributed by atoms with E-state index >= 15 is 0 Å². The van der Waals surface area contributed by atoms with Crippen molar-refractivity contribution in [2.24, 2.45) is 5.92 Å². The first-order chi connectivity index (χ1) is 9.15. The summed E-state index contributed by atoms with van der Waals surface area (Å²) in [6.07, 6.45) is 3.11. The van der Waals surface area contributed by atoms with E-state index in [1.165, 1.54) is 29.9 Å². The molecule has 0 aromatic heterocycles. The molecule has 0 atom stereocenters. The maximum absolute atomic E-state index is 12.2. The first kappa shape index (κ1) is 14.9.